The number of hydrogen-bond acceptors (Lipinski definition) is 4. The molecule has 2 fully saturated rings. The van der Waals surface area contributed by atoms with E-state index in [-0.39, 0.29) is 24.4 Å². The largest absolute Gasteiger partial charge is 0.332 e. The minimum Gasteiger partial charge on any atom is -0.332 e. The lowest BCUT2D eigenvalue weighted by atomic mass is 9.99. The molecule has 4 aromatic carbocycles. The van der Waals surface area contributed by atoms with E-state index in [2.05, 4.69) is 48.5 Å². The lowest BCUT2D eigenvalue weighted by Gasteiger charge is -2.30. The smallest absolute Gasteiger partial charge is 0.209 e. The molecule has 0 saturated carbocycles. The molecule has 0 bridgehead atoms. The van der Waals surface area contributed by atoms with Gasteiger partial charge in [-0.2, -0.15) is 0 Å². The summed E-state index contributed by atoms with van der Waals surface area (Å²) in [6, 6.07) is 40.9. The van der Waals surface area contributed by atoms with E-state index < -0.39 is 11.6 Å². The van der Waals surface area contributed by atoms with Gasteiger partial charge in [-0.25, -0.2) is 0 Å². The highest BCUT2D eigenvalue weighted by atomic mass is 16.8. The first kappa shape index (κ1) is 23.3. The van der Waals surface area contributed by atoms with Gasteiger partial charge in [0.2, 0.25) is 11.6 Å². The van der Waals surface area contributed by atoms with Gasteiger partial charge in [-0.15, -0.1) is 0 Å². The average molecular weight is 501 g/mol. The van der Waals surface area contributed by atoms with E-state index in [1.54, 1.807) is 0 Å². The van der Waals surface area contributed by atoms with Crippen molar-refractivity contribution in [3.63, 3.8) is 0 Å². The van der Waals surface area contributed by atoms with Crippen molar-refractivity contribution in [3.05, 3.63) is 168 Å². The van der Waals surface area contributed by atoms with Crippen molar-refractivity contribution in [1.29, 1.82) is 0 Å². The van der Waals surface area contributed by atoms with Crippen LogP contribution in [0.1, 0.15) is 46.7 Å². The monoisotopic (exact) mass is 500 g/mol. The number of hydrogen-bond donors (Lipinski definition) is 0. The second-order valence-electron chi connectivity index (χ2n) is 9.91. The molecule has 0 amide bonds. The summed E-state index contributed by atoms with van der Waals surface area (Å²) in [5.74, 6) is -2.04. The molecule has 0 radical (unpaired) electrons. The summed E-state index contributed by atoms with van der Waals surface area (Å²) in [5, 5.41) is 0. The zero-order valence-corrected chi connectivity index (χ0v) is 20.8. The van der Waals surface area contributed by atoms with Gasteiger partial charge in [-0.05, 0) is 46.6 Å². The molecule has 38 heavy (non-hydrogen) atoms. The summed E-state index contributed by atoms with van der Waals surface area (Å²) in [7, 11) is 0. The second kappa shape index (κ2) is 9.50. The molecule has 2 spiro atoms. The van der Waals surface area contributed by atoms with E-state index in [0.717, 1.165) is 22.3 Å². The molecule has 3 aliphatic rings. The van der Waals surface area contributed by atoms with Crippen LogP contribution in [0.25, 0.3) is 0 Å². The molecule has 4 nitrogen and oxygen atoms in total. The summed E-state index contributed by atoms with van der Waals surface area (Å²) in [6.45, 7) is 0. The van der Waals surface area contributed by atoms with Crippen LogP contribution in [-0.4, -0.2) is 11.6 Å². The molecule has 0 N–H and O–H groups in total. The molecule has 0 unspecified atom stereocenters. The Morgan fingerprint density at radius 3 is 0.737 bits per heavy atom. The zero-order chi connectivity index (χ0) is 25.4. The van der Waals surface area contributed by atoms with Crippen LogP contribution in [0.4, 0.5) is 0 Å². The van der Waals surface area contributed by atoms with E-state index in [1.807, 2.05) is 97.1 Å². The fourth-order valence-corrected chi connectivity index (χ4v) is 5.53. The molecule has 2 heterocycles. The van der Waals surface area contributed by atoms with E-state index in [1.165, 1.54) is 0 Å². The van der Waals surface area contributed by atoms with Gasteiger partial charge in [0, 0.05) is 0 Å². The third-order valence-electron chi connectivity index (χ3n) is 7.40. The summed E-state index contributed by atoms with van der Waals surface area (Å²) in [5.41, 5.74) is 4.29. The Morgan fingerprint density at radius 1 is 0.316 bits per heavy atom. The highest BCUT2D eigenvalue weighted by Crippen LogP contribution is 2.53. The van der Waals surface area contributed by atoms with Crippen LogP contribution in [0.5, 0.6) is 0 Å². The minimum atomic E-state index is -1.02. The second-order valence-corrected chi connectivity index (χ2v) is 9.91. The highest BCUT2D eigenvalue weighted by molar-refractivity contribution is 5.35. The van der Waals surface area contributed by atoms with Crippen LogP contribution in [0.3, 0.4) is 0 Å². The Bertz CT molecular complexity index is 1210. The quantitative estimate of drug-likeness (QED) is 0.271. The van der Waals surface area contributed by atoms with E-state index in [0.29, 0.717) is 0 Å². The maximum Gasteiger partial charge on any atom is 0.209 e. The molecule has 0 aromatic heterocycles. The van der Waals surface area contributed by atoms with E-state index in [9.17, 15) is 0 Å². The average Bonchev–Trinajstić information content (AvgIpc) is 3.57. The predicted molar refractivity (Wildman–Crippen MR) is 145 cm³/mol. The molecule has 1 aliphatic carbocycles. The fraction of sp³-hybridized carbons (Fsp3) is 0.176. The lowest BCUT2D eigenvalue weighted by Crippen LogP contribution is -2.35. The highest BCUT2D eigenvalue weighted by Gasteiger charge is 2.52. The maximum atomic E-state index is 6.66. The lowest BCUT2D eigenvalue weighted by molar-refractivity contribution is -0.127. The Morgan fingerprint density at radius 2 is 0.526 bits per heavy atom. The maximum absolute atomic E-state index is 6.66. The van der Waals surface area contributed by atoms with Crippen LogP contribution < -0.4 is 0 Å². The van der Waals surface area contributed by atoms with Crippen molar-refractivity contribution in [3.8, 4) is 0 Å². The molecule has 188 valence electrons. The summed E-state index contributed by atoms with van der Waals surface area (Å²) < 4.78 is 26.6. The Labute approximate surface area is 222 Å². The van der Waals surface area contributed by atoms with E-state index >= 15 is 0 Å². The summed E-state index contributed by atoms with van der Waals surface area (Å²) in [6.07, 6.45) is 6.68. The molecular formula is C34H28O4. The first-order valence-corrected chi connectivity index (χ1v) is 13.0. The van der Waals surface area contributed by atoms with Gasteiger partial charge in [0.05, 0.1) is 0 Å². The van der Waals surface area contributed by atoms with Gasteiger partial charge in [0.25, 0.3) is 0 Å². The number of rotatable bonds is 4. The summed E-state index contributed by atoms with van der Waals surface area (Å²) in [4.78, 5) is 0. The van der Waals surface area contributed by atoms with Crippen molar-refractivity contribution in [2.45, 2.75) is 36.0 Å². The van der Waals surface area contributed by atoms with Crippen LogP contribution in [0, 0.1) is 0 Å². The van der Waals surface area contributed by atoms with Crippen LogP contribution in [0.2, 0.25) is 0 Å². The van der Waals surface area contributed by atoms with Crippen molar-refractivity contribution < 1.29 is 18.9 Å². The van der Waals surface area contributed by atoms with Crippen molar-refractivity contribution in [2.24, 2.45) is 0 Å². The van der Waals surface area contributed by atoms with Gasteiger partial charge >= 0.3 is 0 Å². The van der Waals surface area contributed by atoms with E-state index in [4.69, 9.17) is 18.9 Å². The molecule has 4 atom stereocenters. The molecule has 2 aliphatic heterocycles. The molecule has 4 heteroatoms. The number of benzene rings is 4. The van der Waals surface area contributed by atoms with Crippen LogP contribution >= 0.6 is 0 Å². The van der Waals surface area contributed by atoms with Crippen molar-refractivity contribution in [2.75, 3.05) is 0 Å². The van der Waals surface area contributed by atoms with Gasteiger partial charge < -0.3 is 18.9 Å². The molecule has 4 aromatic rings. The van der Waals surface area contributed by atoms with Gasteiger partial charge in [0.15, 0.2) is 0 Å². The van der Waals surface area contributed by atoms with Crippen molar-refractivity contribution in [1.82, 2.24) is 0 Å². The molecular weight excluding hydrogens is 472 g/mol. The van der Waals surface area contributed by atoms with Crippen LogP contribution in [0.15, 0.2) is 146 Å². The third-order valence-corrected chi connectivity index (χ3v) is 7.40. The molecule has 2 saturated heterocycles. The topological polar surface area (TPSA) is 36.9 Å². The van der Waals surface area contributed by atoms with Gasteiger partial charge in [-0.3, -0.25) is 0 Å². The van der Waals surface area contributed by atoms with Crippen molar-refractivity contribution >= 4 is 0 Å². The Balaban J connectivity index is 1.21. The molecule has 7 rings (SSSR count). The first-order chi connectivity index (χ1) is 18.7. The summed E-state index contributed by atoms with van der Waals surface area (Å²) >= 11 is 0. The standard InChI is InChI=1S/C34H28O4/c1-5-13-25(14-6-1)29-30(26-15-7-2-8-16-26)36-33(35-29)21-23-34(24-22-33)37-31(27-17-9-3-10-18-27)32(38-34)28-19-11-4-12-20-28/h1-24,29-32H/t29-,30-,31+,32+. The normalized spacial score (nSPS) is 26.7. The Hall–Kier alpha value is -3.80. The predicted octanol–water partition coefficient (Wildman–Crippen LogP) is 7.56. The Kier molecular flexibility index (Phi) is 5.83. The first-order valence-electron chi connectivity index (χ1n) is 13.0. The number of ether oxygens (including phenoxy) is 4. The fourth-order valence-electron chi connectivity index (χ4n) is 5.53. The SMILES string of the molecule is C1=CC2(C=CC13O[C@H](c1ccccc1)[C@@H](c1ccccc1)O3)O[C@@H](c1ccccc1)[C@H](c1ccccc1)O2. The minimum absolute atomic E-state index is 0.263. The van der Waals surface area contributed by atoms with Crippen LogP contribution in [-0.2, 0) is 18.9 Å². The third kappa shape index (κ3) is 4.22. The van der Waals surface area contributed by atoms with Gasteiger partial charge in [-0.1, -0.05) is 121 Å². The zero-order valence-electron chi connectivity index (χ0n) is 20.8. The van der Waals surface area contributed by atoms with Gasteiger partial charge in [0.1, 0.15) is 24.4 Å².